The van der Waals surface area contributed by atoms with Gasteiger partial charge in [0, 0.05) is 26.0 Å². The lowest BCUT2D eigenvalue weighted by Gasteiger charge is -2.28. The Hall–Kier alpha value is -1.85. The number of thiocarbonyl (C=S) groups is 1. The van der Waals surface area contributed by atoms with Crippen LogP contribution in [0.2, 0.25) is 0 Å². The second-order valence-corrected chi connectivity index (χ2v) is 13.2. The second kappa shape index (κ2) is 15.6. The first-order chi connectivity index (χ1) is 19.8. The summed E-state index contributed by atoms with van der Waals surface area (Å²) in [6, 6.07) is 15.8. The molecule has 1 N–H and O–H groups in total. The van der Waals surface area contributed by atoms with Crippen LogP contribution in [-0.2, 0) is 19.0 Å². The standard InChI is InChI=1S/C32H37F3IN3S2/c1-2-27-23(14-12-20-37-27)13-9-7-5-3-4-6-8-10-17-30-39(28-22-25(36)18-19-29(28)41-30)31(40)38-26-16-11-15-24(21-26)32(33,34)35/h11-12,14-16,18-22,30H,2-10,13,17H2,1H3,(H,38,40). The molecule has 3 aromatic rings. The highest BCUT2D eigenvalue weighted by atomic mass is 127. The smallest absolute Gasteiger partial charge is 0.332 e. The summed E-state index contributed by atoms with van der Waals surface area (Å²) in [5, 5.41) is 3.63. The Labute approximate surface area is 265 Å². The van der Waals surface area contributed by atoms with Gasteiger partial charge in [-0.05, 0) is 109 Å². The highest BCUT2D eigenvalue weighted by Crippen LogP contribution is 2.46. The number of unbranched alkanes of at least 4 members (excludes halogenated alkanes) is 7. The molecule has 9 heteroatoms. The molecule has 1 aliphatic heterocycles. The number of halogens is 4. The number of hydrogen-bond donors (Lipinski definition) is 1. The van der Waals surface area contributed by atoms with Crippen molar-refractivity contribution < 1.29 is 13.2 Å². The number of fused-ring (bicyclic) bond motifs is 1. The highest BCUT2D eigenvalue weighted by Gasteiger charge is 2.34. The van der Waals surface area contributed by atoms with Crippen molar-refractivity contribution >= 4 is 63.1 Å². The maximum atomic E-state index is 13.2. The molecule has 4 rings (SSSR count). The van der Waals surface area contributed by atoms with E-state index >= 15 is 0 Å². The maximum Gasteiger partial charge on any atom is 0.416 e. The number of pyridine rings is 1. The van der Waals surface area contributed by atoms with Crippen molar-refractivity contribution in [1.82, 2.24) is 4.98 Å². The Bertz CT molecular complexity index is 1300. The molecule has 0 amide bonds. The van der Waals surface area contributed by atoms with Crippen LogP contribution in [-0.4, -0.2) is 15.5 Å². The van der Waals surface area contributed by atoms with E-state index in [2.05, 4.69) is 69.0 Å². The molecule has 0 saturated heterocycles. The van der Waals surface area contributed by atoms with Gasteiger partial charge in [-0.25, -0.2) is 0 Å². The molecule has 1 unspecified atom stereocenters. The Kier molecular flexibility index (Phi) is 12.2. The molecule has 2 heterocycles. The minimum absolute atomic E-state index is 0.120. The molecule has 1 aliphatic rings. The first-order valence-corrected chi connectivity index (χ1v) is 16.8. The molecule has 1 aromatic heterocycles. The summed E-state index contributed by atoms with van der Waals surface area (Å²) < 4.78 is 40.8. The van der Waals surface area contributed by atoms with Gasteiger partial charge >= 0.3 is 6.18 Å². The highest BCUT2D eigenvalue weighted by molar-refractivity contribution is 14.1. The molecule has 3 nitrogen and oxygen atoms in total. The largest absolute Gasteiger partial charge is 0.416 e. The van der Waals surface area contributed by atoms with E-state index in [0.717, 1.165) is 52.0 Å². The summed E-state index contributed by atoms with van der Waals surface area (Å²) in [6.45, 7) is 2.17. The van der Waals surface area contributed by atoms with Gasteiger partial charge in [0.25, 0.3) is 0 Å². The van der Waals surface area contributed by atoms with Crippen LogP contribution >= 0.6 is 46.6 Å². The Morgan fingerprint density at radius 1 is 0.976 bits per heavy atom. The second-order valence-electron chi connectivity index (χ2n) is 10.4. The lowest BCUT2D eigenvalue weighted by atomic mass is 10.0. The molecule has 0 aliphatic carbocycles. The molecule has 1 atom stereocenters. The van der Waals surface area contributed by atoms with Crippen LogP contribution in [0.3, 0.4) is 0 Å². The van der Waals surface area contributed by atoms with E-state index in [1.165, 1.54) is 62.3 Å². The number of anilines is 2. The number of rotatable bonds is 13. The third-order valence-corrected chi connectivity index (χ3v) is 9.65. The van der Waals surface area contributed by atoms with E-state index in [0.29, 0.717) is 10.8 Å². The van der Waals surface area contributed by atoms with Gasteiger partial charge in [0.2, 0.25) is 0 Å². The number of nitrogens with one attached hydrogen (secondary N) is 1. The van der Waals surface area contributed by atoms with Gasteiger partial charge in [0.05, 0.1) is 16.6 Å². The summed E-state index contributed by atoms with van der Waals surface area (Å²) in [6.07, 6.45) is 10.3. The fourth-order valence-electron chi connectivity index (χ4n) is 5.23. The third-order valence-electron chi connectivity index (χ3n) is 7.36. The zero-order valence-electron chi connectivity index (χ0n) is 23.4. The summed E-state index contributed by atoms with van der Waals surface area (Å²) in [4.78, 5) is 7.73. The van der Waals surface area contributed by atoms with Crippen LogP contribution in [0.5, 0.6) is 0 Å². The van der Waals surface area contributed by atoms with E-state index in [-0.39, 0.29) is 5.37 Å². The predicted octanol–water partition coefficient (Wildman–Crippen LogP) is 10.7. The van der Waals surface area contributed by atoms with Crippen molar-refractivity contribution in [2.45, 2.75) is 94.0 Å². The topological polar surface area (TPSA) is 28.2 Å². The number of thioether (sulfide) groups is 1. The quantitative estimate of drug-likeness (QED) is 0.108. The van der Waals surface area contributed by atoms with Gasteiger partial charge in [-0.15, -0.1) is 0 Å². The van der Waals surface area contributed by atoms with Crippen molar-refractivity contribution in [2.75, 3.05) is 10.2 Å². The fraction of sp³-hybridized carbons (Fsp3) is 0.438. The van der Waals surface area contributed by atoms with Gasteiger partial charge < -0.3 is 10.2 Å². The number of nitrogens with zero attached hydrogens (tertiary/aromatic N) is 2. The van der Waals surface area contributed by atoms with E-state index in [1.54, 1.807) is 17.8 Å². The van der Waals surface area contributed by atoms with Crippen molar-refractivity contribution in [3.8, 4) is 0 Å². The Morgan fingerprint density at radius 2 is 1.71 bits per heavy atom. The van der Waals surface area contributed by atoms with E-state index in [1.807, 2.05) is 12.3 Å². The summed E-state index contributed by atoms with van der Waals surface area (Å²) in [5.41, 5.74) is 3.31. The van der Waals surface area contributed by atoms with Crippen molar-refractivity contribution in [3.05, 3.63) is 81.2 Å². The summed E-state index contributed by atoms with van der Waals surface area (Å²) >= 11 is 9.83. The molecule has 220 valence electrons. The SMILES string of the molecule is CCc1ncccc1CCCCCCCCCCC1Sc2ccc(I)cc2N1C(=S)Nc1cccc(C(F)(F)F)c1. The molecule has 0 saturated carbocycles. The summed E-state index contributed by atoms with van der Waals surface area (Å²) in [7, 11) is 0. The third kappa shape index (κ3) is 9.32. The normalized spacial score (nSPS) is 14.8. The van der Waals surface area contributed by atoms with E-state index in [4.69, 9.17) is 12.2 Å². The molecule has 0 spiro atoms. The van der Waals surface area contributed by atoms with Crippen molar-refractivity contribution in [3.63, 3.8) is 0 Å². The van der Waals surface area contributed by atoms with Gasteiger partial charge in [-0.2, -0.15) is 13.2 Å². The van der Waals surface area contributed by atoms with Crippen molar-refractivity contribution in [2.24, 2.45) is 0 Å². The zero-order chi connectivity index (χ0) is 29.2. The van der Waals surface area contributed by atoms with Gasteiger partial charge in [-0.3, -0.25) is 4.98 Å². The van der Waals surface area contributed by atoms with Gasteiger partial charge in [0.15, 0.2) is 5.11 Å². The lowest BCUT2D eigenvalue weighted by molar-refractivity contribution is -0.137. The van der Waals surface area contributed by atoms with Crippen molar-refractivity contribution in [1.29, 1.82) is 0 Å². The van der Waals surface area contributed by atoms with Crippen LogP contribution in [0.15, 0.2) is 65.7 Å². The molecule has 2 aromatic carbocycles. The molecule has 0 radical (unpaired) electrons. The first kappa shape index (κ1) is 32.1. The maximum absolute atomic E-state index is 13.2. The minimum Gasteiger partial charge on any atom is -0.332 e. The van der Waals surface area contributed by atoms with Crippen LogP contribution in [0.4, 0.5) is 24.5 Å². The molecule has 0 fully saturated rings. The number of benzene rings is 2. The number of aromatic nitrogens is 1. The number of alkyl halides is 3. The van der Waals surface area contributed by atoms with Crippen LogP contribution in [0.25, 0.3) is 0 Å². The van der Waals surface area contributed by atoms with E-state index in [9.17, 15) is 13.2 Å². The predicted molar refractivity (Wildman–Crippen MR) is 178 cm³/mol. The Morgan fingerprint density at radius 3 is 2.44 bits per heavy atom. The summed E-state index contributed by atoms with van der Waals surface area (Å²) in [5.74, 6) is 0. The zero-order valence-corrected chi connectivity index (χ0v) is 27.1. The van der Waals surface area contributed by atoms with Crippen LogP contribution in [0.1, 0.15) is 81.5 Å². The minimum atomic E-state index is -4.40. The fourth-order valence-corrected chi connectivity index (χ4v) is 7.44. The number of hydrogen-bond acceptors (Lipinski definition) is 3. The average molecular weight is 712 g/mol. The molecular formula is C32H37F3IN3S2. The average Bonchev–Trinajstić information content (AvgIpc) is 3.31. The van der Waals surface area contributed by atoms with Gasteiger partial charge in [-0.1, -0.05) is 75.8 Å². The molecule has 0 bridgehead atoms. The van der Waals surface area contributed by atoms with Gasteiger partial charge in [0.1, 0.15) is 0 Å². The monoisotopic (exact) mass is 711 g/mol. The Balaban J connectivity index is 1.22. The van der Waals surface area contributed by atoms with Crippen LogP contribution < -0.4 is 10.2 Å². The van der Waals surface area contributed by atoms with E-state index < -0.39 is 11.7 Å². The number of aryl methyl sites for hydroxylation is 2. The lowest BCUT2D eigenvalue weighted by Crippen LogP contribution is -2.39. The molecular weight excluding hydrogens is 674 g/mol. The first-order valence-electron chi connectivity index (χ1n) is 14.4. The molecule has 41 heavy (non-hydrogen) atoms. The van der Waals surface area contributed by atoms with Crippen LogP contribution in [0, 0.1) is 3.57 Å².